The summed E-state index contributed by atoms with van der Waals surface area (Å²) in [6.07, 6.45) is 8.32. The summed E-state index contributed by atoms with van der Waals surface area (Å²) in [5.41, 5.74) is 2.26. The minimum atomic E-state index is 0.301. The van der Waals surface area contributed by atoms with Crippen molar-refractivity contribution in [1.29, 1.82) is 0 Å². The van der Waals surface area contributed by atoms with Gasteiger partial charge in [0.15, 0.2) is 5.78 Å². The van der Waals surface area contributed by atoms with Gasteiger partial charge in [0.25, 0.3) is 0 Å². The maximum Gasteiger partial charge on any atom is 0.158 e. The summed E-state index contributed by atoms with van der Waals surface area (Å²) in [5.74, 6) is 0.885. The highest BCUT2D eigenvalue weighted by Crippen LogP contribution is 2.29. The van der Waals surface area contributed by atoms with Crippen LogP contribution in [0, 0.1) is 5.92 Å². The topological polar surface area (TPSA) is 17.1 Å². The fourth-order valence-electron chi connectivity index (χ4n) is 1.93. The summed E-state index contributed by atoms with van der Waals surface area (Å²) in [5, 5.41) is 0. The normalized spacial score (nSPS) is 20.6. The number of hydrogen-bond donors (Lipinski definition) is 0. The molecule has 0 radical (unpaired) electrons. The minimum absolute atomic E-state index is 0.301. The maximum atomic E-state index is 11.7. The van der Waals surface area contributed by atoms with E-state index in [-0.39, 0.29) is 0 Å². The van der Waals surface area contributed by atoms with Crippen LogP contribution >= 0.6 is 0 Å². The van der Waals surface area contributed by atoms with Crippen molar-refractivity contribution in [2.45, 2.75) is 39.0 Å². The quantitative estimate of drug-likeness (QED) is 0.622. The predicted octanol–water partition coefficient (Wildman–Crippen LogP) is 3.82. The highest BCUT2D eigenvalue weighted by molar-refractivity contribution is 5.95. The van der Waals surface area contributed by atoms with Crippen molar-refractivity contribution >= 4 is 5.78 Å². The lowest BCUT2D eigenvalue weighted by Gasteiger charge is -2.21. The summed E-state index contributed by atoms with van der Waals surface area (Å²) in [6, 6.07) is 0. The van der Waals surface area contributed by atoms with Gasteiger partial charge in [0.1, 0.15) is 0 Å². The van der Waals surface area contributed by atoms with E-state index in [4.69, 9.17) is 0 Å². The fourth-order valence-corrected chi connectivity index (χ4v) is 1.93. The Morgan fingerprint density at radius 3 is 2.87 bits per heavy atom. The van der Waals surface area contributed by atoms with Crippen molar-refractivity contribution in [1.82, 2.24) is 0 Å². The van der Waals surface area contributed by atoms with Gasteiger partial charge in [0, 0.05) is 6.42 Å². The van der Waals surface area contributed by atoms with E-state index in [1.165, 1.54) is 5.57 Å². The first-order valence-corrected chi connectivity index (χ1v) is 5.63. The molecule has 1 nitrogen and oxygen atoms in total. The molecule has 0 spiro atoms. The molecule has 0 N–H and O–H groups in total. The molecule has 0 heterocycles. The van der Waals surface area contributed by atoms with Crippen LogP contribution in [0.15, 0.2) is 36.5 Å². The molecule has 1 unspecified atom stereocenters. The first-order valence-electron chi connectivity index (χ1n) is 5.63. The Labute approximate surface area is 92.6 Å². The summed E-state index contributed by atoms with van der Waals surface area (Å²) >= 11 is 0. The van der Waals surface area contributed by atoms with Crippen molar-refractivity contribution in [3.05, 3.63) is 36.5 Å². The van der Waals surface area contributed by atoms with Crippen LogP contribution in [-0.4, -0.2) is 5.78 Å². The molecule has 1 aliphatic carbocycles. The van der Waals surface area contributed by atoms with E-state index in [1.807, 2.05) is 0 Å². The van der Waals surface area contributed by atoms with E-state index >= 15 is 0 Å². The van der Waals surface area contributed by atoms with Crippen LogP contribution in [0.5, 0.6) is 0 Å². The molecule has 0 amide bonds. The van der Waals surface area contributed by atoms with Crippen LogP contribution in [0.4, 0.5) is 0 Å². The molecule has 1 aliphatic rings. The van der Waals surface area contributed by atoms with Crippen molar-refractivity contribution in [3.63, 3.8) is 0 Å². The second-order valence-electron chi connectivity index (χ2n) is 4.30. The van der Waals surface area contributed by atoms with Gasteiger partial charge in [-0.25, -0.2) is 0 Å². The van der Waals surface area contributed by atoms with Gasteiger partial charge in [-0.3, -0.25) is 4.79 Å². The van der Waals surface area contributed by atoms with Crippen LogP contribution < -0.4 is 0 Å². The van der Waals surface area contributed by atoms with Gasteiger partial charge >= 0.3 is 0 Å². The van der Waals surface area contributed by atoms with Gasteiger partial charge in [0.05, 0.1) is 0 Å². The third kappa shape index (κ3) is 3.50. The SMILES string of the molecule is C=CCCC(=O)C1=CCC(C(=C)C)CC1. The molecule has 0 fully saturated rings. The van der Waals surface area contributed by atoms with Gasteiger partial charge in [-0.1, -0.05) is 24.3 Å². The number of Topliss-reactive ketones (excluding diaryl/α,β-unsaturated/α-hetero) is 1. The molecule has 82 valence electrons. The smallest absolute Gasteiger partial charge is 0.158 e. The summed E-state index contributed by atoms with van der Waals surface area (Å²) in [4.78, 5) is 11.7. The Bertz CT molecular complexity index is 296. The van der Waals surface area contributed by atoms with Gasteiger partial charge in [0.2, 0.25) is 0 Å². The van der Waals surface area contributed by atoms with Crippen molar-refractivity contribution in [2.75, 3.05) is 0 Å². The summed E-state index contributed by atoms with van der Waals surface area (Å²) in [7, 11) is 0. The highest BCUT2D eigenvalue weighted by Gasteiger charge is 2.18. The van der Waals surface area contributed by atoms with E-state index in [0.717, 1.165) is 31.3 Å². The van der Waals surface area contributed by atoms with Crippen molar-refractivity contribution in [3.8, 4) is 0 Å². The Morgan fingerprint density at radius 2 is 2.40 bits per heavy atom. The largest absolute Gasteiger partial charge is 0.295 e. The molecule has 0 aliphatic heterocycles. The number of allylic oxidation sites excluding steroid dienone is 4. The zero-order valence-corrected chi connectivity index (χ0v) is 9.59. The van der Waals surface area contributed by atoms with E-state index in [1.54, 1.807) is 6.08 Å². The van der Waals surface area contributed by atoms with E-state index in [0.29, 0.717) is 18.1 Å². The maximum absolute atomic E-state index is 11.7. The van der Waals surface area contributed by atoms with Gasteiger partial charge in [-0.2, -0.15) is 0 Å². The third-order valence-electron chi connectivity index (χ3n) is 3.04. The average molecular weight is 204 g/mol. The number of rotatable bonds is 5. The summed E-state index contributed by atoms with van der Waals surface area (Å²) in [6.45, 7) is 9.67. The molecular formula is C14H20O. The van der Waals surface area contributed by atoms with Crippen LogP contribution in [0.1, 0.15) is 39.0 Å². The predicted molar refractivity (Wildman–Crippen MR) is 64.7 cm³/mol. The number of carbonyl (C=O) groups excluding carboxylic acids is 1. The van der Waals surface area contributed by atoms with Crippen molar-refractivity contribution in [2.24, 2.45) is 5.92 Å². The van der Waals surface area contributed by atoms with Gasteiger partial charge < -0.3 is 0 Å². The molecule has 0 aromatic rings. The highest BCUT2D eigenvalue weighted by atomic mass is 16.1. The third-order valence-corrected chi connectivity index (χ3v) is 3.04. The van der Waals surface area contributed by atoms with E-state index < -0.39 is 0 Å². The van der Waals surface area contributed by atoms with E-state index in [9.17, 15) is 4.79 Å². The zero-order valence-electron chi connectivity index (χ0n) is 9.59. The molecule has 1 heteroatoms. The first kappa shape index (κ1) is 12.0. The van der Waals surface area contributed by atoms with E-state index in [2.05, 4.69) is 26.2 Å². The minimum Gasteiger partial charge on any atom is -0.295 e. The number of carbonyl (C=O) groups is 1. The molecule has 1 atom stereocenters. The lowest BCUT2D eigenvalue weighted by molar-refractivity contribution is -0.115. The lowest BCUT2D eigenvalue weighted by atomic mass is 9.84. The van der Waals surface area contributed by atoms with Gasteiger partial charge in [-0.15, -0.1) is 6.58 Å². The molecular weight excluding hydrogens is 184 g/mol. The second kappa shape index (κ2) is 5.69. The van der Waals surface area contributed by atoms with Gasteiger partial charge in [-0.05, 0) is 44.1 Å². The lowest BCUT2D eigenvalue weighted by Crippen LogP contribution is -2.11. The number of hydrogen-bond acceptors (Lipinski definition) is 1. The van der Waals surface area contributed by atoms with Crippen LogP contribution in [-0.2, 0) is 4.79 Å². The molecule has 1 rings (SSSR count). The van der Waals surface area contributed by atoms with Crippen LogP contribution in [0.3, 0.4) is 0 Å². The Hall–Kier alpha value is -1.11. The average Bonchev–Trinajstić information content (AvgIpc) is 2.26. The Balaban J connectivity index is 2.49. The monoisotopic (exact) mass is 204 g/mol. The molecule has 0 aromatic carbocycles. The van der Waals surface area contributed by atoms with Crippen molar-refractivity contribution < 1.29 is 4.79 Å². The first-order chi connectivity index (χ1) is 7.15. The fraction of sp³-hybridized carbons (Fsp3) is 0.500. The standard InChI is InChI=1S/C14H20O/c1-4-5-6-14(15)13-9-7-12(8-10-13)11(2)3/h4,9,12H,1-2,5-8,10H2,3H3. The molecule has 0 aromatic heterocycles. The molecule has 0 saturated carbocycles. The Morgan fingerprint density at radius 1 is 1.67 bits per heavy atom. The molecule has 0 saturated heterocycles. The van der Waals surface area contributed by atoms with Crippen LogP contribution in [0.25, 0.3) is 0 Å². The molecule has 0 bridgehead atoms. The molecule has 15 heavy (non-hydrogen) atoms. The number of ketones is 1. The summed E-state index contributed by atoms with van der Waals surface area (Å²) < 4.78 is 0. The second-order valence-corrected chi connectivity index (χ2v) is 4.30. The zero-order chi connectivity index (χ0) is 11.3. The Kier molecular flexibility index (Phi) is 4.54. The van der Waals surface area contributed by atoms with Crippen LogP contribution in [0.2, 0.25) is 0 Å².